The first kappa shape index (κ1) is 16.8. The van der Waals surface area contributed by atoms with E-state index in [1.54, 1.807) is 4.90 Å². The number of carbonyl (C=O) groups excluding carboxylic acids is 2. The number of nitrogens with zero attached hydrogens (tertiary/aromatic N) is 3. The number of amides is 2. The van der Waals surface area contributed by atoms with Crippen LogP contribution in [0.2, 0.25) is 0 Å². The van der Waals surface area contributed by atoms with Gasteiger partial charge in [-0.1, -0.05) is 15.9 Å². The van der Waals surface area contributed by atoms with Crippen LogP contribution in [-0.2, 0) is 10.2 Å². The molecule has 27 heavy (non-hydrogen) atoms. The lowest BCUT2D eigenvalue weighted by atomic mass is 9.84. The minimum Gasteiger partial charge on any atom is -0.328 e. The summed E-state index contributed by atoms with van der Waals surface area (Å²) in [6.45, 7) is 0.472. The van der Waals surface area contributed by atoms with E-state index in [-0.39, 0.29) is 23.8 Å². The van der Waals surface area contributed by atoms with E-state index in [2.05, 4.69) is 37.3 Å². The second-order valence-electron chi connectivity index (χ2n) is 7.66. The third-order valence-electron chi connectivity index (χ3n) is 6.07. The third-order valence-corrected chi connectivity index (χ3v) is 6.56. The molecule has 2 amide bonds. The van der Waals surface area contributed by atoms with Crippen LogP contribution in [0.15, 0.2) is 35.1 Å². The quantitative estimate of drug-likeness (QED) is 0.811. The van der Waals surface area contributed by atoms with E-state index in [1.807, 2.05) is 12.1 Å². The van der Waals surface area contributed by atoms with Gasteiger partial charge in [-0.3, -0.25) is 14.9 Å². The molecule has 0 saturated heterocycles. The van der Waals surface area contributed by atoms with Gasteiger partial charge in [0.25, 0.3) is 5.91 Å². The summed E-state index contributed by atoms with van der Waals surface area (Å²) < 4.78 is 13.9. The third kappa shape index (κ3) is 2.57. The molecule has 2 aliphatic carbocycles. The first-order valence-corrected chi connectivity index (χ1v) is 9.59. The topological polar surface area (TPSA) is 75.2 Å². The fraction of sp³-hybridized carbons (Fsp3) is 0.368. The van der Waals surface area contributed by atoms with Gasteiger partial charge < -0.3 is 4.90 Å². The lowest BCUT2D eigenvalue weighted by Crippen LogP contribution is -2.47. The van der Waals surface area contributed by atoms with Gasteiger partial charge in [-0.15, -0.1) is 0 Å². The zero-order valence-corrected chi connectivity index (χ0v) is 15.9. The molecule has 8 heteroatoms. The first-order valence-electron chi connectivity index (χ1n) is 8.79. The van der Waals surface area contributed by atoms with Crippen molar-refractivity contribution in [2.24, 2.45) is 5.41 Å². The van der Waals surface area contributed by atoms with Gasteiger partial charge in [0.05, 0.1) is 12.4 Å². The van der Waals surface area contributed by atoms with Crippen LogP contribution in [0.1, 0.15) is 35.2 Å². The van der Waals surface area contributed by atoms with Gasteiger partial charge in [-0.2, -0.15) is 0 Å². The van der Waals surface area contributed by atoms with Gasteiger partial charge in [-0.05, 0) is 48.4 Å². The van der Waals surface area contributed by atoms with Crippen molar-refractivity contribution in [2.45, 2.75) is 24.7 Å². The van der Waals surface area contributed by atoms with Crippen molar-refractivity contribution in [3.8, 4) is 0 Å². The van der Waals surface area contributed by atoms with Crippen molar-refractivity contribution in [1.82, 2.24) is 14.9 Å². The summed E-state index contributed by atoms with van der Waals surface area (Å²) in [7, 11) is 0. The summed E-state index contributed by atoms with van der Waals surface area (Å²) in [6, 6.07) is 5.76. The summed E-state index contributed by atoms with van der Waals surface area (Å²) in [5.74, 6) is -1.08. The summed E-state index contributed by atoms with van der Waals surface area (Å²) in [4.78, 5) is 34.4. The molecule has 1 atom stereocenters. The molecule has 0 bridgehead atoms. The zero-order valence-electron chi connectivity index (χ0n) is 14.3. The fourth-order valence-electron chi connectivity index (χ4n) is 4.54. The van der Waals surface area contributed by atoms with Crippen LogP contribution in [0.5, 0.6) is 0 Å². The Hall–Kier alpha value is -2.35. The summed E-state index contributed by atoms with van der Waals surface area (Å²) in [5.41, 5.74) is 2.06. The maximum Gasteiger partial charge on any atom is 0.254 e. The summed E-state index contributed by atoms with van der Waals surface area (Å²) in [6.07, 6.45) is 5.39. The highest BCUT2D eigenvalue weighted by molar-refractivity contribution is 9.10. The molecule has 1 aromatic heterocycles. The Morgan fingerprint density at radius 2 is 2.04 bits per heavy atom. The molecule has 1 N–H and O–H groups in total. The molecule has 2 fully saturated rings. The second kappa shape index (κ2) is 5.58. The monoisotopic (exact) mass is 430 g/mol. The smallest absolute Gasteiger partial charge is 0.254 e. The standard InChI is InChI=1S/C19H16BrFN4O2/c20-11-1-2-13-14(5-11)19(9-18(19)3-4-18)10-25(16(13)27)8-15(26)24-17-22-6-12(21)7-23-17/h1-2,5-7H,3-4,8-10H2,(H,22,23,24,26)/t19-/m0/s1. The predicted octanol–water partition coefficient (Wildman–Crippen LogP) is 2.89. The van der Waals surface area contributed by atoms with Crippen LogP contribution in [0.3, 0.4) is 0 Å². The summed E-state index contributed by atoms with van der Waals surface area (Å²) >= 11 is 3.52. The van der Waals surface area contributed by atoms with Gasteiger partial charge in [-0.25, -0.2) is 14.4 Å². The average Bonchev–Trinajstić information content (AvgIpc) is 3.54. The Balaban J connectivity index is 1.39. The van der Waals surface area contributed by atoms with Crippen LogP contribution < -0.4 is 5.32 Å². The summed E-state index contributed by atoms with van der Waals surface area (Å²) in [5, 5.41) is 2.52. The SMILES string of the molecule is O=C(CN1C[C@@]2(CC23CC3)c2cc(Br)ccc2C1=O)Nc1ncc(F)cn1. The van der Waals surface area contributed by atoms with E-state index in [0.29, 0.717) is 17.5 Å². The normalized spacial score (nSPS) is 24.1. The average molecular weight is 431 g/mol. The van der Waals surface area contributed by atoms with Gasteiger partial charge >= 0.3 is 0 Å². The minimum atomic E-state index is -0.576. The van der Waals surface area contributed by atoms with Crippen molar-refractivity contribution in [3.05, 3.63) is 52.0 Å². The second-order valence-corrected chi connectivity index (χ2v) is 8.58. The molecule has 1 aliphatic heterocycles. The van der Waals surface area contributed by atoms with Crippen LogP contribution in [-0.4, -0.2) is 39.8 Å². The first-order chi connectivity index (χ1) is 12.9. The van der Waals surface area contributed by atoms with Gasteiger partial charge in [0.15, 0.2) is 5.82 Å². The Bertz CT molecular complexity index is 976. The lowest BCUT2D eigenvalue weighted by molar-refractivity contribution is -0.117. The molecule has 0 unspecified atom stereocenters. The van der Waals surface area contributed by atoms with Crippen LogP contribution in [0.4, 0.5) is 10.3 Å². The van der Waals surface area contributed by atoms with Crippen molar-refractivity contribution < 1.29 is 14.0 Å². The highest BCUT2D eigenvalue weighted by Crippen LogP contribution is 2.79. The van der Waals surface area contributed by atoms with E-state index < -0.39 is 11.7 Å². The highest BCUT2D eigenvalue weighted by atomic mass is 79.9. The van der Waals surface area contributed by atoms with E-state index in [0.717, 1.165) is 28.9 Å². The molecule has 2 heterocycles. The van der Waals surface area contributed by atoms with E-state index in [4.69, 9.17) is 0 Å². The molecule has 5 rings (SSSR count). The number of benzene rings is 1. The number of aromatic nitrogens is 2. The van der Waals surface area contributed by atoms with Crippen molar-refractivity contribution in [2.75, 3.05) is 18.4 Å². The van der Waals surface area contributed by atoms with Crippen molar-refractivity contribution in [1.29, 1.82) is 0 Å². The van der Waals surface area contributed by atoms with Crippen molar-refractivity contribution >= 4 is 33.7 Å². The number of nitrogens with one attached hydrogen (secondary N) is 1. The number of fused-ring (bicyclic) bond motifs is 3. The highest BCUT2D eigenvalue weighted by Gasteiger charge is 2.76. The largest absolute Gasteiger partial charge is 0.328 e. The molecular weight excluding hydrogens is 415 g/mol. The Kier molecular flexibility index (Phi) is 3.47. The molecule has 2 spiro atoms. The Labute approximate surface area is 163 Å². The van der Waals surface area contributed by atoms with E-state index >= 15 is 0 Å². The fourth-order valence-corrected chi connectivity index (χ4v) is 4.90. The van der Waals surface area contributed by atoms with E-state index in [1.165, 1.54) is 12.8 Å². The number of anilines is 1. The van der Waals surface area contributed by atoms with E-state index in [9.17, 15) is 14.0 Å². The molecule has 0 radical (unpaired) electrons. The van der Waals surface area contributed by atoms with Crippen LogP contribution in [0, 0.1) is 11.2 Å². The lowest BCUT2D eigenvalue weighted by Gasteiger charge is -2.35. The van der Waals surface area contributed by atoms with Crippen LogP contribution >= 0.6 is 15.9 Å². The number of carbonyl (C=O) groups is 2. The maximum atomic E-state index is 13.0. The molecule has 3 aliphatic rings. The van der Waals surface area contributed by atoms with Crippen LogP contribution in [0.25, 0.3) is 0 Å². The molecule has 2 saturated carbocycles. The molecule has 138 valence electrons. The molecule has 6 nitrogen and oxygen atoms in total. The predicted molar refractivity (Wildman–Crippen MR) is 98.6 cm³/mol. The minimum absolute atomic E-state index is 0.0231. The zero-order chi connectivity index (χ0) is 18.8. The maximum absolute atomic E-state index is 13.0. The number of halogens is 2. The molecule has 1 aromatic carbocycles. The molecular formula is C19H16BrFN4O2. The van der Waals surface area contributed by atoms with Crippen molar-refractivity contribution in [3.63, 3.8) is 0 Å². The number of rotatable bonds is 3. The van der Waals surface area contributed by atoms with Gasteiger partial charge in [0, 0.05) is 22.0 Å². The van der Waals surface area contributed by atoms with Gasteiger partial charge in [0.1, 0.15) is 6.54 Å². The Morgan fingerprint density at radius 1 is 1.30 bits per heavy atom. The molecule has 2 aromatic rings. The number of hydrogen-bond donors (Lipinski definition) is 1. The van der Waals surface area contributed by atoms with Gasteiger partial charge in [0.2, 0.25) is 11.9 Å². The Morgan fingerprint density at radius 3 is 2.70 bits per heavy atom. The number of hydrogen-bond acceptors (Lipinski definition) is 4.